The van der Waals surface area contributed by atoms with Crippen LogP contribution in [0.25, 0.3) is 0 Å². The Balaban J connectivity index is 2.23. The topological polar surface area (TPSA) is 54.3 Å². The van der Waals surface area contributed by atoms with Gasteiger partial charge in [-0.2, -0.15) is 0 Å². The SMILES string of the molecule is CNC(=O)c1cccc(NC(C)c2ccc(Br)o2)c1C. The molecule has 2 N–H and O–H groups in total. The molecule has 4 nitrogen and oxygen atoms in total. The lowest BCUT2D eigenvalue weighted by molar-refractivity contribution is 0.0962. The van der Waals surface area contributed by atoms with E-state index in [0.717, 1.165) is 17.0 Å². The molecule has 5 heteroatoms. The van der Waals surface area contributed by atoms with E-state index in [-0.39, 0.29) is 11.9 Å². The fourth-order valence-corrected chi connectivity index (χ4v) is 2.36. The lowest BCUT2D eigenvalue weighted by Crippen LogP contribution is -2.19. The van der Waals surface area contributed by atoms with Crippen LogP contribution >= 0.6 is 15.9 Å². The van der Waals surface area contributed by atoms with Crippen molar-refractivity contribution in [2.45, 2.75) is 19.9 Å². The number of halogens is 1. The summed E-state index contributed by atoms with van der Waals surface area (Å²) in [5, 5.41) is 6.01. The molecule has 0 saturated heterocycles. The first-order valence-corrected chi connectivity index (χ1v) is 7.15. The van der Waals surface area contributed by atoms with Gasteiger partial charge in [0.1, 0.15) is 5.76 Å². The molecule has 1 aromatic heterocycles. The largest absolute Gasteiger partial charge is 0.452 e. The van der Waals surface area contributed by atoms with Crippen molar-refractivity contribution < 1.29 is 9.21 Å². The third-order valence-corrected chi connectivity index (χ3v) is 3.62. The highest BCUT2D eigenvalue weighted by molar-refractivity contribution is 9.10. The van der Waals surface area contributed by atoms with Crippen LogP contribution in [-0.2, 0) is 0 Å². The molecule has 1 heterocycles. The van der Waals surface area contributed by atoms with Gasteiger partial charge < -0.3 is 15.1 Å². The smallest absolute Gasteiger partial charge is 0.251 e. The molecule has 0 radical (unpaired) electrons. The van der Waals surface area contributed by atoms with Crippen molar-refractivity contribution in [1.82, 2.24) is 5.32 Å². The maximum absolute atomic E-state index is 11.8. The molecule has 0 aliphatic heterocycles. The molecule has 2 aromatic rings. The van der Waals surface area contributed by atoms with Crippen LogP contribution in [0.5, 0.6) is 0 Å². The molecular formula is C15H17BrN2O2. The normalized spacial score (nSPS) is 12.0. The van der Waals surface area contributed by atoms with E-state index in [1.807, 2.05) is 44.2 Å². The van der Waals surface area contributed by atoms with E-state index in [9.17, 15) is 4.79 Å². The van der Waals surface area contributed by atoms with E-state index in [1.54, 1.807) is 7.05 Å². The van der Waals surface area contributed by atoms with Gasteiger partial charge in [-0.15, -0.1) is 0 Å². The minimum Gasteiger partial charge on any atom is -0.452 e. The number of hydrogen-bond acceptors (Lipinski definition) is 3. The van der Waals surface area contributed by atoms with Crippen LogP contribution in [0.1, 0.15) is 34.6 Å². The molecule has 0 aliphatic carbocycles. The summed E-state index contributed by atoms with van der Waals surface area (Å²) in [7, 11) is 1.63. The zero-order valence-corrected chi connectivity index (χ0v) is 13.2. The van der Waals surface area contributed by atoms with Crippen LogP contribution in [0.2, 0.25) is 0 Å². The summed E-state index contributed by atoms with van der Waals surface area (Å²) in [5.74, 6) is 0.751. The molecule has 0 aliphatic rings. The third-order valence-electron chi connectivity index (χ3n) is 3.20. The molecule has 0 fully saturated rings. The van der Waals surface area contributed by atoms with Gasteiger partial charge in [0.2, 0.25) is 0 Å². The number of benzene rings is 1. The highest BCUT2D eigenvalue weighted by Gasteiger charge is 2.14. The summed E-state index contributed by atoms with van der Waals surface area (Å²) in [6, 6.07) is 9.43. The standard InChI is InChI=1S/C15H17BrN2O2/c1-9-11(15(19)17-3)5-4-6-12(9)18-10(2)13-7-8-14(16)20-13/h4-8,10,18H,1-3H3,(H,17,19). The minimum atomic E-state index is -0.0838. The molecule has 1 amide bonds. The van der Waals surface area contributed by atoms with Crippen LogP contribution in [0.15, 0.2) is 39.4 Å². The summed E-state index contributed by atoms with van der Waals surface area (Å²) in [6.07, 6.45) is 0. The molecule has 1 aromatic carbocycles. The molecule has 2 rings (SSSR count). The Morgan fingerprint density at radius 2 is 2.05 bits per heavy atom. The monoisotopic (exact) mass is 336 g/mol. The fourth-order valence-electron chi connectivity index (χ4n) is 2.04. The Morgan fingerprint density at radius 1 is 1.30 bits per heavy atom. The summed E-state index contributed by atoms with van der Waals surface area (Å²) >= 11 is 3.29. The van der Waals surface area contributed by atoms with Crippen molar-refractivity contribution >= 4 is 27.5 Å². The molecular weight excluding hydrogens is 320 g/mol. The van der Waals surface area contributed by atoms with Crippen molar-refractivity contribution in [3.05, 3.63) is 51.9 Å². The highest BCUT2D eigenvalue weighted by Crippen LogP contribution is 2.26. The van der Waals surface area contributed by atoms with E-state index in [2.05, 4.69) is 26.6 Å². The summed E-state index contributed by atoms with van der Waals surface area (Å²) in [5.41, 5.74) is 2.51. The van der Waals surface area contributed by atoms with E-state index >= 15 is 0 Å². The van der Waals surface area contributed by atoms with Gasteiger partial charge in [0, 0.05) is 18.3 Å². The van der Waals surface area contributed by atoms with Gasteiger partial charge >= 0.3 is 0 Å². The molecule has 0 spiro atoms. The Bertz CT molecular complexity index is 622. The van der Waals surface area contributed by atoms with Crippen LogP contribution in [0, 0.1) is 6.92 Å². The average Bonchev–Trinajstić information content (AvgIpc) is 2.87. The average molecular weight is 337 g/mol. The molecule has 1 atom stereocenters. The van der Waals surface area contributed by atoms with Crippen molar-refractivity contribution in [3.63, 3.8) is 0 Å². The van der Waals surface area contributed by atoms with Crippen molar-refractivity contribution in [2.75, 3.05) is 12.4 Å². The first-order chi connectivity index (χ1) is 9.52. The second-order valence-corrected chi connectivity index (χ2v) is 5.35. The number of anilines is 1. The van der Waals surface area contributed by atoms with Gasteiger partial charge in [-0.05, 0) is 59.6 Å². The number of rotatable bonds is 4. The zero-order valence-electron chi connectivity index (χ0n) is 11.7. The Morgan fingerprint density at radius 3 is 2.65 bits per heavy atom. The Labute approximate surface area is 126 Å². The van der Waals surface area contributed by atoms with Gasteiger partial charge in [0.15, 0.2) is 4.67 Å². The number of amides is 1. The quantitative estimate of drug-likeness (QED) is 0.890. The number of nitrogens with one attached hydrogen (secondary N) is 2. The molecule has 0 bridgehead atoms. The summed E-state index contributed by atoms with van der Waals surface area (Å²) in [6.45, 7) is 3.94. The first kappa shape index (κ1) is 14.7. The van der Waals surface area contributed by atoms with Gasteiger partial charge in [0.05, 0.1) is 6.04 Å². The fraction of sp³-hybridized carbons (Fsp3) is 0.267. The lowest BCUT2D eigenvalue weighted by atomic mass is 10.1. The number of hydrogen-bond donors (Lipinski definition) is 2. The van der Waals surface area contributed by atoms with Crippen LogP contribution in [0.4, 0.5) is 5.69 Å². The van der Waals surface area contributed by atoms with Gasteiger partial charge in [0.25, 0.3) is 5.91 Å². The van der Waals surface area contributed by atoms with Crippen LogP contribution < -0.4 is 10.6 Å². The van der Waals surface area contributed by atoms with Gasteiger partial charge in [-0.25, -0.2) is 0 Å². The molecule has 1 unspecified atom stereocenters. The van der Waals surface area contributed by atoms with Crippen molar-refractivity contribution in [2.24, 2.45) is 0 Å². The second-order valence-electron chi connectivity index (χ2n) is 4.57. The van der Waals surface area contributed by atoms with Gasteiger partial charge in [-0.3, -0.25) is 4.79 Å². The number of furan rings is 1. The third kappa shape index (κ3) is 3.04. The maximum atomic E-state index is 11.8. The first-order valence-electron chi connectivity index (χ1n) is 6.36. The van der Waals surface area contributed by atoms with Gasteiger partial charge in [-0.1, -0.05) is 6.07 Å². The molecule has 106 valence electrons. The molecule has 0 saturated carbocycles. The molecule has 20 heavy (non-hydrogen) atoms. The van der Waals surface area contributed by atoms with E-state index in [0.29, 0.717) is 10.2 Å². The lowest BCUT2D eigenvalue weighted by Gasteiger charge is -2.16. The van der Waals surface area contributed by atoms with Crippen LogP contribution in [0.3, 0.4) is 0 Å². The van der Waals surface area contributed by atoms with E-state index < -0.39 is 0 Å². The summed E-state index contributed by atoms with van der Waals surface area (Å²) in [4.78, 5) is 11.8. The Hall–Kier alpha value is -1.75. The predicted molar refractivity (Wildman–Crippen MR) is 83.0 cm³/mol. The number of carbonyl (C=O) groups excluding carboxylic acids is 1. The highest BCUT2D eigenvalue weighted by atomic mass is 79.9. The second kappa shape index (κ2) is 6.13. The van der Waals surface area contributed by atoms with Crippen LogP contribution in [-0.4, -0.2) is 13.0 Å². The minimum absolute atomic E-state index is 0.0138. The Kier molecular flexibility index (Phi) is 4.49. The maximum Gasteiger partial charge on any atom is 0.251 e. The predicted octanol–water partition coefficient (Wildman–Crippen LogP) is 3.88. The van der Waals surface area contributed by atoms with E-state index in [1.165, 1.54) is 0 Å². The van der Waals surface area contributed by atoms with E-state index in [4.69, 9.17) is 4.42 Å². The number of carbonyl (C=O) groups is 1. The zero-order chi connectivity index (χ0) is 14.7. The van der Waals surface area contributed by atoms with Crippen molar-refractivity contribution in [3.8, 4) is 0 Å². The van der Waals surface area contributed by atoms with Crippen molar-refractivity contribution in [1.29, 1.82) is 0 Å². The summed E-state index contributed by atoms with van der Waals surface area (Å²) < 4.78 is 6.24.